The Balaban J connectivity index is 0.000000449. The first kappa shape index (κ1) is 65.2. The Kier molecular flexibility index (Phi) is 33.0. The van der Waals surface area contributed by atoms with E-state index >= 15 is 0 Å². The van der Waals surface area contributed by atoms with Crippen LogP contribution in [0.2, 0.25) is 0 Å². The molecule has 2 heterocycles. The molecule has 73 heavy (non-hydrogen) atoms. The lowest BCUT2D eigenvalue weighted by atomic mass is 9.47. The molecule has 8 aromatic rings. The number of rotatable bonds is 2. The van der Waals surface area contributed by atoms with Crippen LogP contribution >= 0.6 is 0 Å². The highest BCUT2D eigenvalue weighted by molar-refractivity contribution is 6.07. The van der Waals surface area contributed by atoms with E-state index in [1.807, 2.05) is 106 Å². The van der Waals surface area contributed by atoms with Gasteiger partial charge in [0.05, 0.1) is 0 Å². The zero-order valence-corrected chi connectivity index (χ0v) is 46.9. The zero-order chi connectivity index (χ0) is 52.0. The summed E-state index contributed by atoms with van der Waals surface area (Å²) in [5, 5.41) is 2.71. The minimum atomic E-state index is 0. The first-order valence-corrected chi connectivity index (χ1v) is 28.3. The van der Waals surface area contributed by atoms with Gasteiger partial charge in [-0.25, -0.2) is 0 Å². The van der Waals surface area contributed by atoms with Gasteiger partial charge >= 0.3 is 0 Å². The second-order valence-electron chi connectivity index (χ2n) is 16.9. The summed E-state index contributed by atoms with van der Waals surface area (Å²) in [6.07, 6.45) is 9.85. The van der Waals surface area contributed by atoms with Crippen LogP contribution in [0.4, 0.5) is 5.69 Å². The number of fused-ring (bicyclic) bond motifs is 15. The van der Waals surface area contributed by atoms with E-state index in [1.165, 1.54) is 88.3 Å². The predicted octanol–water partition coefficient (Wildman–Crippen LogP) is 22.4. The van der Waals surface area contributed by atoms with Crippen molar-refractivity contribution in [2.45, 2.75) is 187 Å². The fourth-order valence-electron chi connectivity index (χ4n) is 10.5. The van der Waals surface area contributed by atoms with Gasteiger partial charge in [0.25, 0.3) is 0 Å². The summed E-state index contributed by atoms with van der Waals surface area (Å²) in [5.41, 5.74) is 14.7. The van der Waals surface area contributed by atoms with E-state index < -0.39 is 0 Å². The number of hydrogen-bond acceptors (Lipinski definition) is 1. The Bertz CT molecular complexity index is 2480. The molecular weight excluding hydrogens is 881 g/mol. The van der Waals surface area contributed by atoms with E-state index in [0.29, 0.717) is 0 Å². The van der Waals surface area contributed by atoms with Crippen LogP contribution in [-0.4, -0.2) is 17.2 Å². The molecule has 2 saturated carbocycles. The molecule has 0 bridgehead atoms. The van der Waals surface area contributed by atoms with Gasteiger partial charge in [-0.15, -0.1) is 0 Å². The first-order valence-electron chi connectivity index (χ1n) is 28.3. The Morgan fingerprint density at radius 3 is 1.10 bits per heavy atom. The van der Waals surface area contributed by atoms with Gasteiger partial charge in [-0.1, -0.05) is 300 Å². The fourth-order valence-corrected chi connectivity index (χ4v) is 10.5. The van der Waals surface area contributed by atoms with Crippen LogP contribution < -0.4 is 4.90 Å². The number of aromatic nitrogens is 1. The molecule has 1 aromatic heterocycles. The van der Waals surface area contributed by atoms with Gasteiger partial charge in [-0.05, 0) is 77.4 Å². The SMILES string of the molecule is C.C.C1CCCC1.CC.CC.CC.CC.CC.CCC.CCN1c2ccccc2C2C1[C@@H]1c3ccccc3[C@H]21.CCn1c2ccccc2c2ccccc21.c1ccc2c(c1)Cc1ccccc1-2.c1ccccc1. The summed E-state index contributed by atoms with van der Waals surface area (Å²) in [7, 11) is 0. The fraction of sp³-hybridized carbons (Fsp3) is 0.408. The Morgan fingerprint density at radius 2 is 0.685 bits per heavy atom. The maximum absolute atomic E-state index is 2.64. The molecule has 5 aliphatic rings. The second kappa shape index (κ2) is 37.0. The number of nitrogens with zero attached hydrogens (tertiary/aromatic N) is 2. The molecule has 4 atom stereocenters. The van der Waals surface area contributed by atoms with Crippen LogP contribution in [0.3, 0.4) is 0 Å². The van der Waals surface area contributed by atoms with Crippen molar-refractivity contribution in [3.8, 4) is 11.1 Å². The van der Waals surface area contributed by atoms with Gasteiger partial charge in [0.15, 0.2) is 0 Å². The smallest absolute Gasteiger partial charge is 0.0491 e. The molecule has 2 heteroatoms. The van der Waals surface area contributed by atoms with E-state index in [-0.39, 0.29) is 14.9 Å². The second-order valence-corrected chi connectivity index (χ2v) is 16.9. The minimum Gasteiger partial charge on any atom is -0.367 e. The Morgan fingerprint density at radius 1 is 0.356 bits per heavy atom. The summed E-state index contributed by atoms with van der Waals surface area (Å²) < 4.78 is 2.37. The molecular formula is C71H102N2. The highest BCUT2D eigenvalue weighted by Crippen LogP contribution is 2.71. The van der Waals surface area contributed by atoms with Crippen LogP contribution in [0.5, 0.6) is 0 Å². The van der Waals surface area contributed by atoms with Crippen molar-refractivity contribution in [1.29, 1.82) is 0 Å². The molecule has 0 N–H and O–H groups in total. The molecule has 0 spiro atoms. The summed E-state index contributed by atoms with van der Waals surface area (Å²) in [6.45, 7) is 30.9. The molecule has 2 unspecified atom stereocenters. The highest BCUT2D eigenvalue weighted by Gasteiger charge is 2.64. The van der Waals surface area contributed by atoms with Gasteiger partial charge < -0.3 is 9.47 Å². The molecule has 0 saturated heterocycles. The van der Waals surface area contributed by atoms with Crippen LogP contribution in [0.25, 0.3) is 32.9 Å². The summed E-state index contributed by atoms with van der Waals surface area (Å²) in [6, 6.07) is 65.3. The third-order valence-corrected chi connectivity index (χ3v) is 13.1. The maximum atomic E-state index is 2.64. The zero-order valence-electron chi connectivity index (χ0n) is 46.9. The lowest BCUT2D eigenvalue weighted by Crippen LogP contribution is -2.56. The number of likely N-dealkylation sites (N-methyl/N-ethyl adjacent to an activating group) is 1. The molecule has 1 aliphatic heterocycles. The van der Waals surface area contributed by atoms with Crippen molar-refractivity contribution in [2.75, 3.05) is 11.4 Å². The normalized spacial score (nSPS) is 15.9. The average molecular weight is 984 g/mol. The van der Waals surface area contributed by atoms with Crippen LogP contribution in [-0.2, 0) is 13.0 Å². The lowest BCUT2D eigenvalue weighted by Gasteiger charge is -2.59. The largest absolute Gasteiger partial charge is 0.367 e. The van der Waals surface area contributed by atoms with Gasteiger partial charge in [-0.3, -0.25) is 0 Å². The molecule has 13 rings (SSSR count). The molecule has 2 fully saturated rings. The van der Waals surface area contributed by atoms with Crippen molar-refractivity contribution in [3.63, 3.8) is 0 Å². The van der Waals surface area contributed by atoms with Crippen molar-refractivity contribution in [3.05, 3.63) is 210 Å². The quantitative estimate of drug-likeness (QED) is 0.168. The highest BCUT2D eigenvalue weighted by atomic mass is 15.2. The van der Waals surface area contributed by atoms with Crippen molar-refractivity contribution >= 4 is 27.5 Å². The summed E-state index contributed by atoms with van der Waals surface area (Å²) >= 11 is 0. The molecule has 0 radical (unpaired) electrons. The Labute approximate surface area is 449 Å². The van der Waals surface area contributed by atoms with E-state index in [0.717, 1.165) is 43.3 Å². The van der Waals surface area contributed by atoms with E-state index in [4.69, 9.17) is 0 Å². The molecule has 4 aliphatic carbocycles. The number of aryl methyl sites for hydroxylation is 1. The molecule has 7 aromatic carbocycles. The van der Waals surface area contributed by atoms with E-state index in [2.05, 4.69) is 183 Å². The first-order chi connectivity index (χ1) is 35.2. The molecule has 396 valence electrons. The maximum Gasteiger partial charge on any atom is 0.0491 e. The summed E-state index contributed by atoms with van der Waals surface area (Å²) in [5.74, 6) is 2.32. The van der Waals surface area contributed by atoms with Gasteiger partial charge in [0, 0.05) is 64.4 Å². The van der Waals surface area contributed by atoms with E-state index in [9.17, 15) is 0 Å². The van der Waals surface area contributed by atoms with Crippen molar-refractivity contribution in [1.82, 2.24) is 4.57 Å². The van der Waals surface area contributed by atoms with Crippen molar-refractivity contribution < 1.29 is 0 Å². The molecule has 2 nitrogen and oxygen atoms in total. The van der Waals surface area contributed by atoms with Crippen LogP contribution in [0.1, 0.15) is 196 Å². The number of hydrogen-bond donors (Lipinski definition) is 0. The minimum absolute atomic E-state index is 0. The van der Waals surface area contributed by atoms with Crippen molar-refractivity contribution in [2.24, 2.45) is 0 Å². The standard InChI is InChI=1S/C18H17N.C14H13N.C13H10.C6H6.C5H10.C3H8.5C2H6.2CH4/c1-2-19-14-10-6-5-9-13(14)17-15-11-7-3-4-8-12(11)16(15)18(17)19;1-2-15-13-9-5-3-7-11(13)12-8-4-6-10-14(12)15;1-3-7-12-10(5-1)9-11-6-2-4-8-13(11)12;1-2-4-6-5-3-1;1-2-4-5-3-1;1-3-2;5*1-2;;/h3-10,15-18H,2H2,1H3;3-10H,2H2,1H3;1-8H,9H2;1-6H;1-5H2;3H2,1-2H3;5*1-2H3;2*1H4/t15-,16+,17?,18?;;;;;;;;;;;;/m0............/s1. The third-order valence-electron chi connectivity index (χ3n) is 13.1. The number of para-hydroxylation sites is 3. The predicted molar refractivity (Wildman–Crippen MR) is 333 cm³/mol. The van der Waals surface area contributed by atoms with Gasteiger partial charge in [0.1, 0.15) is 0 Å². The Hall–Kier alpha value is -5.86. The van der Waals surface area contributed by atoms with Crippen LogP contribution in [0.15, 0.2) is 182 Å². The van der Waals surface area contributed by atoms with E-state index in [1.54, 1.807) is 16.7 Å². The van der Waals surface area contributed by atoms with Gasteiger partial charge in [-0.2, -0.15) is 0 Å². The topological polar surface area (TPSA) is 8.17 Å². The van der Waals surface area contributed by atoms with Crippen LogP contribution in [0, 0.1) is 0 Å². The lowest BCUT2D eigenvalue weighted by molar-refractivity contribution is 0.198. The summed E-state index contributed by atoms with van der Waals surface area (Å²) in [4.78, 5) is 2.64. The number of anilines is 1. The molecule has 0 amide bonds. The average Bonchev–Trinajstić information content (AvgIpc) is 4.28. The van der Waals surface area contributed by atoms with Gasteiger partial charge in [0.2, 0.25) is 0 Å². The number of benzene rings is 7. The third kappa shape index (κ3) is 15.8. The monoisotopic (exact) mass is 983 g/mol.